The van der Waals surface area contributed by atoms with E-state index in [0.29, 0.717) is 56.7 Å². The number of esters is 4. The number of pyridine rings is 6. The Balaban J connectivity index is 0.000000256. The minimum Gasteiger partial charge on any atom is -0.459 e. The first-order valence-corrected chi connectivity index (χ1v) is 17.8. The van der Waals surface area contributed by atoms with Crippen LogP contribution in [0.3, 0.4) is 0 Å². The number of hydrogen-bond acceptors (Lipinski definition) is 14. The van der Waals surface area contributed by atoms with Crippen LogP contribution in [0.4, 0.5) is 0 Å². The van der Waals surface area contributed by atoms with Crippen molar-refractivity contribution in [3.8, 4) is 45.6 Å². The fraction of sp³-hybridized carbons (Fsp3) is 0.136. The van der Waals surface area contributed by atoms with Crippen LogP contribution < -0.4 is 0 Å². The van der Waals surface area contributed by atoms with Crippen LogP contribution in [0, 0.1) is 0 Å². The average Bonchev–Trinajstić information content (AvgIpc) is 3.27. The molecule has 0 aliphatic heterocycles. The molecule has 300 valence electrons. The predicted molar refractivity (Wildman–Crippen MR) is 214 cm³/mol. The molecule has 14 nitrogen and oxygen atoms in total. The van der Waals surface area contributed by atoms with Crippen molar-refractivity contribution in [1.82, 2.24) is 29.9 Å². The van der Waals surface area contributed by atoms with Gasteiger partial charge in [-0.25, -0.2) is 29.1 Å². The molecule has 0 aliphatic carbocycles. The Morgan fingerprint density at radius 2 is 0.712 bits per heavy atom. The first-order valence-electron chi connectivity index (χ1n) is 17.8. The minimum absolute atomic E-state index is 0. The molecule has 6 aromatic rings. The Kier molecular flexibility index (Phi) is 17.0. The molecule has 0 aliphatic rings. The predicted octanol–water partition coefficient (Wildman–Crippen LogP) is 6.96. The van der Waals surface area contributed by atoms with Gasteiger partial charge < -0.3 is 18.9 Å². The normalized spacial score (nSPS) is 10.1. The Hall–Kier alpha value is -7.22. The molecule has 6 aromatic heterocycles. The second-order valence-corrected chi connectivity index (χ2v) is 12.2. The zero-order valence-corrected chi connectivity index (χ0v) is 33.2. The summed E-state index contributed by atoms with van der Waals surface area (Å²) in [4.78, 5) is 74.2. The maximum Gasteiger partial charge on any atom is 0.338 e. The van der Waals surface area contributed by atoms with Crippen LogP contribution >= 0.6 is 0 Å². The van der Waals surface area contributed by atoms with Gasteiger partial charge in [-0.2, -0.15) is 0 Å². The molecule has 59 heavy (non-hydrogen) atoms. The fourth-order valence-corrected chi connectivity index (χ4v) is 4.83. The van der Waals surface area contributed by atoms with E-state index in [4.69, 9.17) is 18.9 Å². The van der Waals surface area contributed by atoms with Crippen molar-refractivity contribution in [1.29, 1.82) is 0 Å². The number of carbonyl (C=O) groups is 4. The van der Waals surface area contributed by atoms with Crippen molar-refractivity contribution < 1.29 is 55.2 Å². The van der Waals surface area contributed by atoms with Crippen LogP contribution in [0.25, 0.3) is 45.6 Å². The van der Waals surface area contributed by atoms with Crippen molar-refractivity contribution in [3.63, 3.8) is 0 Å². The third-order valence-electron chi connectivity index (χ3n) is 7.63. The number of hydrogen-bond donors (Lipinski definition) is 0. The molecule has 15 heteroatoms. The van der Waals surface area contributed by atoms with E-state index in [-0.39, 0.29) is 54.6 Å². The third-order valence-corrected chi connectivity index (χ3v) is 7.63. The van der Waals surface area contributed by atoms with Crippen LogP contribution in [-0.2, 0) is 45.6 Å². The van der Waals surface area contributed by atoms with E-state index in [2.05, 4.69) is 43.1 Å². The monoisotopic (exact) mass is 834 g/mol. The standard InChI is InChI=1S/2C22H19N3O4.Fe/c2*1-15(2)21(26)28-11-12-29-22(27)16-13-19(17-7-3-5-9-23-17)25-20(14-16)18-8-4-6-10-24-18;/h2*3-10,13-14H,1,11-12H2,2H3;. The SMILES string of the molecule is C=C(C)C(=O)OCCOC(=O)c1cc(-c2ccccn2)nc(-c2ccccn2)c1.C=C(C)C(=O)OCCOC(=O)c1cc(-c2ccccn2)nc(-c2ccccn2)c1.[Fe]. The van der Waals surface area contributed by atoms with Gasteiger partial charge in [-0.15, -0.1) is 0 Å². The summed E-state index contributed by atoms with van der Waals surface area (Å²) in [5, 5.41) is 0. The Morgan fingerprint density at radius 1 is 0.441 bits per heavy atom. The first-order chi connectivity index (χ1) is 28.1. The van der Waals surface area contributed by atoms with E-state index in [0.717, 1.165) is 0 Å². The summed E-state index contributed by atoms with van der Waals surface area (Å²) in [6.45, 7) is 9.83. The summed E-state index contributed by atoms with van der Waals surface area (Å²) in [7, 11) is 0. The molecule has 0 bridgehead atoms. The molecule has 0 saturated carbocycles. The summed E-state index contributed by atoms with van der Waals surface area (Å²) in [5.41, 5.74) is 5.73. The molecule has 0 spiro atoms. The number of ether oxygens (including phenoxy) is 4. The van der Waals surface area contributed by atoms with Crippen molar-refractivity contribution in [2.75, 3.05) is 26.4 Å². The molecule has 0 saturated heterocycles. The van der Waals surface area contributed by atoms with E-state index < -0.39 is 23.9 Å². The molecule has 0 radical (unpaired) electrons. The number of nitrogens with zero attached hydrogens (tertiary/aromatic N) is 6. The van der Waals surface area contributed by atoms with Gasteiger partial charge in [0.25, 0.3) is 0 Å². The van der Waals surface area contributed by atoms with E-state index >= 15 is 0 Å². The summed E-state index contributed by atoms with van der Waals surface area (Å²) >= 11 is 0. The minimum atomic E-state index is -0.562. The molecule has 0 amide bonds. The first kappa shape index (κ1) is 44.5. The van der Waals surface area contributed by atoms with Gasteiger partial charge in [-0.3, -0.25) is 19.9 Å². The van der Waals surface area contributed by atoms with Crippen LogP contribution in [0.2, 0.25) is 0 Å². The Labute approximate surface area is 350 Å². The Bertz CT molecular complexity index is 2100. The fourth-order valence-electron chi connectivity index (χ4n) is 4.83. The summed E-state index contributed by atoms with van der Waals surface area (Å²) in [6.07, 6.45) is 6.60. The maximum absolute atomic E-state index is 12.5. The number of rotatable bonds is 14. The van der Waals surface area contributed by atoms with Gasteiger partial charge in [0.2, 0.25) is 0 Å². The number of carbonyl (C=O) groups excluding carboxylic acids is 4. The van der Waals surface area contributed by atoms with Gasteiger partial charge in [-0.05, 0) is 86.6 Å². The molecule has 0 fully saturated rings. The van der Waals surface area contributed by atoms with E-state index in [1.807, 2.05) is 24.3 Å². The van der Waals surface area contributed by atoms with E-state index in [9.17, 15) is 19.2 Å². The molecule has 0 N–H and O–H groups in total. The van der Waals surface area contributed by atoms with Gasteiger partial charge in [0.15, 0.2) is 0 Å². The quantitative estimate of drug-likeness (QED) is 0.0361. The molecular formula is C44H38FeN6O8. The smallest absolute Gasteiger partial charge is 0.338 e. The van der Waals surface area contributed by atoms with Crippen LogP contribution in [0.5, 0.6) is 0 Å². The van der Waals surface area contributed by atoms with Crippen LogP contribution in [-0.4, -0.2) is 80.2 Å². The van der Waals surface area contributed by atoms with E-state index in [1.54, 1.807) is 111 Å². The molecule has 6 rings (SSSR count). The van der Waals surface area contributed by atoms with Crippen molar-refractivity contribution in [2.45, 2.75) is 13.8 Å². The molecule has 6 heterocycles. The molecule has 0 unspecified atom stereocenters. The zero-order chi connectivity index (χ0) is 41.3. The summed E-state index contributed by atoms with van der Waals surface area (Å²) in [6, 6.07) is 28.2. The zero-order valence-electron chi connectivity index (χ0n) is 32.1. The van der Waals surface area contributed by atoms with Gasteiger partial charge in [0.1, 0.15) is 26.4 Å². The van der Waals surface area contributed by atoms with Crippen molar-refractivity contribution in [2.24, 2.45) is 0 Å². The summed E-state index contributed by atoms with van der Waals surface area (Å²) < 4.78 is 20.3. The molecule has 0 aromatic carbocycles. The topological polar surface area (TPSA) is 183 Å². The third kappa shape index (κ3) is 13.5. The summed E-state index contributed by atoms with van der Waals surface area (Å²) in [5.74, 6) is -2.18. The van der Waals surface area contributed by atoms with Gasteiger partial charge >= 0.3 is 23.9 Å². The van der Waals surface area contributed by atoms with Crippen LogP contribution in [0.1, 0.15) is 34.6 Å². The number of aromatic nitrogens is 6. The van der Waals surface area contributed by atoms with Crippen molar-refractivity contribution in [3.05, 3.63) is 157 Å². The van der Waals surface area contributed by atoms with Gasteiger partial charge in [-0.1, -0.05) is 37.4 Å². The average molecular weight is 835 g/mol. The second kappa shape index (κ2) is 22.5. The largest absolute Gasteiger partial charge is 0.459 e. The Morgan fingerprint density at radius 3 is 0.949 bits per heavy atom. The maximum atomic E-state index is 12.5. The molecule has 0 atom stereocenters. The van der Waals surface area contributed by atoms with E-state index in [1.165, 1.54) is 0 Å². The van der Waals surface area contributed by atoms with Crippen LogP contribution in [0.15, 0.2) is 146 Å². The molecular weight excluding hydrogens is 796 g/mol. The van der Waals surface area contributed by atoms with Gasteiger partial charge in [0.05, 0.1) is 56.7 Å². The van der Waals surface area contributed by atoms with Gasteiger partial charge in [0, 0.05) is 53.0 Å². The second-order valence-electron chi connectivity index (χ2n) is 12.2. The van der Waals surface area contributed by atoms with Crippen molar-refractivity contribution >= 4 is 23.9 Å².